The SMILES string of the molecule is COc1ccc(C)cc1-n1cc(C)c(N)n1. The Hall–Kier alpha value is -1.97. The molecule has 0 aliphatic heterocycles. The summed E-state index contributed by atoms with van der Waals surface area (Å²) >= 11 is 0. The predicted molar refractivity (Wildman–Crippen MR) is 64.0 cm³/mol. The molecular weight excluding hydrogens is 202 g/mol. The Morgan fingerprint density at radius 2 is 2.06 bits per heavy atom. The molecule has 0 amide bonds. The second-order valence-corrected chi connectivity index (χ2v) is 3.82. The second-order valence-electron chi connectivity index (χ2n) is 3.82. The van der Waals surface area contributed by atoms with Gasteiger partial charge in [-0.25, -0.2) is 4.68 Å². The number of aryl methyl sites for hydroxylation is 2. The third-order valence-corrected chi connectivity index (χ3v) is 2.52. The summed E-state index contributed by atoms with van der Waals surface area (Å²) in [5, 5.41) is 4.24. The zero-order chi connectivity index (χ0) is 11.7. The number of hydrogen-bond acceptors (Lipinski definition) is 3. The third kappa shape index (κ3) is 1.74. The molecule has 0 saturated heterocycles. The van der Waals surface area contributed by atoms with E-state index in [1.54, 1.807) is 11.8 Å². The number of methoxy groups -OCH3 is 1. The molecule has 4 nitrogen and oxygen atoms in total. The highest BCUT2D eigenvalue weighted by atomic mass is 16.5. The van der Waals surface area contributed by atoms with Gasteiger partial charge in [0.15, 0.2) is 0 Å². The van der Waals surface area contributed by atoms with Crippen LogP contribution in [0.1, 0.15) is 11.1 Å². The van der Waals surface area contributed by atoms with Gasteiger partial charge >= 0.3 is 0 Å². The minimum Gasteiger partial charge on any atom is -0.494 e. The first-order valence-electron chi connectivity index (χ1n) is 5.08. The van der Waals surface area contributed by atoms with Gasteiger partial charge in [0.1, 0.15) is 17.3 Å². The molecule has 0 aliphatic carbocycles. The van der Waals surface area contributed by atoms with Crippen molar-refractivity contribution in [3.8, 4) is 11.4 Å². The summed E-state index contributed by atoms with van der Waals surface area (Å²) in [5.74, 6) is 1.33. The second kappa shape index (κ2) is 3.89. The molecule has 16 heavy (non-hydrogen) atoms. The van der Waals surface area contributed by atoms with Gasteiger partial charge in [-0.05, 0) is 31.5 Å². The van der Waals surface area contributed by atoms with E-state index >= 15 is 0 Å². The van der Waals surface area contributed by atoms with E-state index in [0.717, 1.165) is 22.6 Å². The first kappa shape index (κ1) is 10.5. The van der Waals surface area contributed by atoms with Gasteiger partial charge in [-0.15, -0.1) is 0 Å². The number of ether oxygens (including phenoxy) is 1. The Morgan fingerprint density at radius 3 is 2.62 bits per heavy atom. The molecule has 2 aromatic rings. The van der Waals surface area contributed by atoms with E-state index in [1.807, 2.05) is 38.2 Å². The van der Waals surface area contributed by atoms with Crippen LogP contribution in [0, 0.1) is 13.8 Å². The molecule has 1 heterocycles. The Bertz CT molecular complexity index is 497. The van der Waals surface area contributed by atoms with Crippen LogP contribution >= 0.6 is 0 Å². The van der Waals surface area contributed by atoms with Gasteiger partial charge in [0, 0.05) is 11.8 Å². The van der Waals surface area contributed by atoms with Crippen LogP contribution in [-0.4, -0.2) is 16.9 Å². The lowest BCUT2D eigenvalue weighted by Crippen LogP contribution is -2.00. The van der Waals surface area contributed by atoms with E-state index in [0.29, 0.717) is 5.82 Å². The van der Waals surface area contributed by atoms with Gasteiger partial charge in [-0.1, -0.05) is 6.07 Å². The van der Waals surface area contributed by atoms with Crippen LogP contribution in [0.25, 0.3) is 5.69 Å². The van der Waals surface area contributed by atoms with E-state index in [1.165, 1.54) is 0 Å². The molecule has 0 spiro atoms. The van der Waals surface area contributed by atoms with Gasteiger partial charge in [0.2, 0.25) is 0 Å². The highest BCUT2D eigenvalue weighted by Crippen LogP contribution is 2.24. The average molecular weight is 217 g/mol. The molecule has 2 rings (SSSR count). The zero-order valence-corrected chi connectivity index (χ0v) is 9.69. The lowest BCUT2D eigenvalue weighted by atomic mass is 10.2. The maximum atomic E-state index is 5.73. The molecule has 4 heteroatoms. The maximum absolute atomic E-state index is 5.73. The largest absolute Gasteiger partial charge is 0.494 e. The summed E-state index contributed by atoms with van der Waals surface area (Å²) in [6, 6.07) is 5.95. The van der Waals surface area contributed by atoms with Gasteiger partial charge in [-0.3, -0.25) is 0 Å². The number of anilines is 1. The number of nitrogen functional groups attached to an aromatic ring is 1. The molecule has 84 valence electrons. The fourth-order valence-corrected chi connectivity index (χ4v) is 1.58. The summed E-state index contributed by atoms with van der Waals surface area (Å²) in [6.45, 7) is 3.96. The molecule has 0 radical (unpaired) electrons. The lowest BCUT2D eigenvalue weighted by molar-refractivity contribution is 0.411. The van der Waals surface area contributed by atoms with Crippen molar-refractivity contribution >= 4 is 5.82 Å². The monoisotopic (exact) mass is 217 g/mol. The van der Waals surface area contributed by atoms with Crippen molar-refractivity contribution in [3.63, 3.8) is 0 Å². The molecule has 1 aromatic heterocycles. The summed E-state index contributed by atoms with van der Waals surface area (Å²) in [4.78, 5) is 0. The first-order chi connectivity index (χ1) is 7.61. The topological polar surface area (TPSA) is 53.1 Å². The number of benzene rings is 1. The molecule has 0 saturated carbocycles. The number of nitrogens with two attached hydrogens (primary N) is 1. The molecule has 0 aliphatic rings. The van der Waals surface area contributed by atoms with Gasteiger partial charge in [-0.2, -0.15) is 5.10 Å². The van der Waals surface area contributed by atoms with E-state index in [9.17, 15) is 0 Å². The quantitative estimate of drug-likeness (QED) is 0.837. The molecule has 1 aromatic carbocycles. The van der Waals surface area contributed by atoms with Gasteiger partial charge < -0.3 is 10.5 Å². The summed E-state index contributed by atoms with van der Waals surface area (Å²) in [5.41, 5.74) is 8.76. The maximum Gasteiger partial charge on any atom is 0.148 e. The first-order valence-corrected chi connectivity index (χ1v) is 5.08. The number of hydrogen-bond donors (Lipinski definition) is 1. The van der Waals surface area contributed by atoms with Crippen LogP contribution in [-0.2, 0) is 0 Å². The number of nitrogens with zero attached hydrogens (tertiary/aromatic N) is 2. The number of rotatable bonds is 2. The van der Waals surface area contributed by atoms with Crippen LogP contribution in [0.5, 0.6) is 5.75 Å². The Kier molecular flexibility index (Phi) is 2.56. The molecule has 0 atom stereocenters. The number of aromatic nitrogens is 2. The predicted octanol–water partition coefficient (Wildman–Crippen LogP) is 2.08. The summed E-state index contributed by atoms with van der Waals surface area (Å²) in [6.07, 6.45) is 1.90. The van der Waals surface area contributed by atoms with Gasteiger partial charge in [0.25, 0.3) is 0 Å². The van der Waals surface area contributed by atoms with Crippen molar-refractivity contribution in [3.05, 3.63) is 35.5 Å². The van der Waals surface area contributed by atoms with E-state index in [2.05, 4.69) is 5.10 Å². The smallest absolute Gasteiger partial charge is 0.148 e. The highest BCUT2D eigenvalue weighted by Gasteiger charge is 2.08. The van der Waals surface area contributed by atoms with Crippen molar-refractivity contribution in [1.82, 2.24) is 9.78 Å². The van der Waals surface area contributed by atoms with Crippen molar-refractivity contribution in [1.29, 1.82) is 0 Å². The Morgan fingerprint density at radius 1 is 1.31 bits per heavy atom. The minimum atomic E-state index is 0.545. The van der Waals surface area contributed by atoms with E-state index in [-0.39, 0.29) is 0 Å². The van der Waals surface area contributed by atoms with E-state index in [4.69, 9.17) is 10.5 Å². The Labute approximate surface area is 94.6 Å². The fourth-order valence-electron chi connectivity index (χ4n) is 1.58. The lowest BCUT2D eigenvalue weighted by Gasteiger charge is -2.08. The molecular formula is C12H15N3O. The average Bonchev–Trinajstić information content (AvgIpc) is 2.59. The van der Waals surface area contributed by atoms with Crippen LogP contribution < -0.4 is 10.5 Å². The van der Waals surface area contributed by atoms with E-state index < -0.39 is 0 Å². The standard InChI is InChI=1S/C12H15N3O/c1-8-4-5-11(16-3)10(6-8)15-7-9(2)12(13)14-15/h4-7H,1-3H3,(H2,13,14). The van der Waals surface area contributed by atoms with Crippen molar-refractivity contribution < 1.29 is 4.74 Å². The van der Waals surface area contributed by atoms with Crippen molar-refractivity contribution in [2.24, 2.45) is 0 Å². The molecule has 2 N–H and O–H groups in total. The van der Waals surface area contributed by atoms with Crippen LogP contribution in [0.2, 0.25) is 0 Å². The zero-order valence-electron chi connectivity index (χ0n) is 9.69. The third-order valence-electron chi connectivity index (χ3n) is 2.52. The van der Waals surface area contributed by atoms with Crippen molar-refractivity contribution in [2.45, 2.75) is 13.8 Å². The minimum absolute atomic E-state index is 0.545. The van der Waals surface area contributed by atoms with Crippen LogP contribution in [0.4, 0.5) is 5.82 Å². The molecule has 0 unspecified atom stereocenters. The van der Waals surface area contributed by atoms with Crippen LogP contribution in [0.3, 0.4) is 0 Å². The molecule has 0 bridgehead atoms. The van der Waals surface area contributed by atoms with Crippen LogP contribution in [0.15, 0.2) is 24.4 Å². The fraction of sp³-hybridized carbons (Fsp3) is 0.250. The normalized spacial score (nSPS) is 10.4. The highest BCUT2D eigenvalue weighted by molar-refractivity contribution is 5.50. The summed E-state index contributed by atoms with van der Waals surface area (Å²) < 4.78 is 7.05. The van der Waals surface area contributed by atoms with Crippen molar-refractivity contribution in [2.75, 3.05) is 12.8 Å². The molecule has 0 fully saturated rings. The summed E-state index contributed by atoms with van der Waals surface area (Å²) in [7, 11) is 1.65. The van der Waals surface area contributed by atoms with Gasteiger partial charge in [0.05, 0.1) is 7.11 Å². The Balaban J connectivity index is 2.57.